The molecule has 0 bridgehead atoms. The first kappa shape index (κ1) is 25.2. The van der Waals surface area contributed by atoms with E-state index in [-0.39, 0.29) is 18.3 Å². The molecule has 1 fully saturated rings. The number of carbonyl (C=O) groups is 1. The number of benzene rings is 1. The molecule has 4 atom stereocenters. The number of carboxylic acid groups (broad SMARTS) is 1. The molecule has 1 saturated carbocycles. The third-order valence-corrected chi connectivity index (χ3v) is 6.16. The first-order chi connectivity index (χ1) is 14.8. The normalized spacial score (nSPS) is 23.4. The molecule has 4 unspecified atom stereocenters. The van der Waals surface area contributed by atoms with Gasteiger partial charge in [-0.05, 0) is 62.1 Å². The van der Waals surface area contributed by atoms with Gasteiger partial charge in [0.05, 0.1) is 17.9 Å². The highest BCUT2D eigenvalue weighted by atomic mass is 19.1. The van der Waals surface area contributed by atoms with Crippen LogP contribution in [-0.2, 0) is 11.2 Å². The Labute approximate surface area is 181 Å². The van der Waals surface area contributed by atoms with Crippen LogP contribution in [0.25, 0.3) is 0 Å². The number of aryl methyl sites for hydroxylation is 1. The second-order valence-corrected chi connectivity index (χ2v) is 8.53. The van der Waals surface area contributed by atoms with Crippen molar-refractivity contribution in [3.8, 4) is 0 Å². The van der Waals surface area contributed by atoms with Crippen molar-refractivity contribution in [2.45, 2.75) is 82.8 Å². The number of hydrogen-bond donors (Lipinski definition) is 4. The summed E-state index contributed by atoms with van der Waals surface area (Å²) in [6.07, 6.45) is 4.84. The molecular formula is C23H33F2NO5. The van der Waals surface area contributed by atoms with Crippen LogP contribution in [0.15, 0.2) is 23.4 Å². The molecule has 4 N–H and O–H groups in total. The Hall–Kier alpha value is -2.06. The first-order valence-corrected chi connectivity index (χ1v) is 11.0. The van der Waals surface area contributed by atoms with Gasteiger partial charge in [-0.2, -0.15) is 0 Å². The zero-order chi connectivity index (χ0) is 22.8. The Morgan fingerprint density at radius 2 is 1.74 bits per heavy atom. The van der Waals surface area contributed by atoms with Crippen LogP contribution < -0.4 is 0 Å². The van der Waals surface area contributed by atoms with Crippen LogP contribution in [0, 0.1) is 23.5 Å². The van der Waals surface area contributed by atoms with E-state index in [1.165, 1.54) is 12.1 Å². The van der Waals surface area contributed by atoms with Gasteiger partial charge in [-0.3, -0.25) is 4.79 Å². The number of aliphatic hydroxyl groups is 2. The minimum atomic E-state index is -0.795. The minimum Gasteiger partial charge on any atom is -0.481 e. The molecule has 0 spiro atoms. The third-order valence-electron chi connectivity index (χ3n) is 6.16. The fraction of sp³-hybridized carbons (Fsp3) is 0.652. The smallest absolute Gasteiger partial charge is 0.303 e. The zero-order valence-corrected chi connectivity index (χ0v) is 17.7. The number of halogens is 2. The van der Waals surface area contributed by atoms with Gasteiger partial charge in [-0.1, -0.05) is 24.4 Å². The molecule has 0 heterocycles. The van der Waals surface area contributed by atoms with Gasteiger partial charge < -0.3 is 20.5 Å². The summed E-state index contributed by atoms with van der Waals surface area (Å²) >= 11 is 0. The summed E-state index contributed by atoms with van der Waals surface area (Å²) in [7, 11) is 0. The second kappa shape index (κ2) is 12.7. The molecule has 174 valence electrons. The number of unbranched alkanes of at least 4 members (excludes halogenated alkanes) is 3. The molecule has 0 amide bonds. The molecule has 1 aromatic rings. The summed E-state index contributed by atoms with van der Waals surface area (Å²) in [5, 5.41) is 42.1. The third kappa shape index (κ3) is 8.53. The first-order valence-electron chi connectivity index (χ1n) is 11.0. The van der Waals surface area contributed by atoms with Gasteiger partial charge in [0.15, 0.2) is 0 Å². The molecule has 1 aliphatic rings. The molecule has 31 heavy (non-hydrogen) atoms. The summed E-state index contributed by atoms with van der Waals surface area (Å²) < 4.78 is 26.6. The summed E-state index contributed by atoms with van der Waals surface area (Å²) in [5.74, 6) is -2.26. The number of aliphatic hydroxyl groups excluding tert-OH is 2. The SMILES string of the molecule is O=C(O)CCCCCCC1C(O)C/C(=N/O)C1CCC(O)CCc1cc(F)cc(F)c1. The number of hydrogen-bond acceptors (Lipinski definition) is 5. The van der Waals surface area contributed by atoms with Crippen LogP contribution in [-0.4, -0.2) is 44.4 Å². The van der Waals surface area contributed by atoms with Crippen LogP contribution in [0.3, 0.4) is 0 Å². The fourth-order valence-electron chi connectivity index (χ4n) is 4.54. The molecular weight excluding hydrogens is 408 g/mol. The maximum atomic E-state index is 13.3. The van der Waals surface area contributed by atoms with Gasteiger partial charge in [-0.15, -0.1) is 0 Å². The highest BCUT2D eigenvalue weighted by Gasteiger charge is 2.39. The average Bonchev–Trinajstić information content (AvgIpc) is 3.01. The number of oxime groups is 1. The van der Waals surface area contributed by atoms with E-state index >= 15 is 0 Å². The van der Waals surface area contributed by atoms with Crippen molar-refractivity contribution in [1.29, 1.82) is 0 Å². The zero-order valence-electron chi connectivity index (χ0n) is 17.7. The van der Waals surface area contributed by atoms with E-state index in [9.17, 15) is 29.0 Å². The molecule has 2 rings (SSSR count). The molecule has 0 aliphatic heterocycles. The lowest BCUT2D eigenvalue weighted by Crippen LogP contribution is -2.22. The van der Waals surface area contributed by atoms with E-state index in [2.05, 4.69) is 5.16 Å². The van der Waals surface area contributed by atoms with Crippen LogP contribution >= 0.6 is 0 Å². The van der Waals surface area contributed by atoms with E-state index in [1.807, 2.05) is 0 Å². The van der Waals surface area contributed by atoms with Crippen molar-refractivity contribution < 1.29 is 34.1 Å². The lowest BCUT2D eigenvalue weighted by Gasteiger charge is -2.23. The van der Waals surface area contributed by atoms with E-state index in [1.54, 1.807) is 0 Å². The number of aliphatic carboxylic acids is 1. The summed E-state index contributed by atoms with van der Waals surface area (Å²) in [5.41, 5.74) is 1.04. The Balaban J connectivity index is 1.79. The van der Waals surface area contributed by atoms with Crippen LogP contribution in [0.2, 0.25) is 0 Å². The lowest BCUT2D eigenvalue weighted by molar-refractivity contribution is -0.137. The van der Waals surface area contributed by atoms with Gasteiger partial charge >= 0.3 is 5.97 Å². The van der Waals surface area contributed by atoms with Gasteiger partial charge in [0, 0.05) is 24.8 Å². The second-order valence-electron chi connectivity index (χ2n) is 8.53. The fourth-order valence-corrected chi connectivity index (χ4v) is 4.54. The predicted octanol–water partition coefficient (Wildman–Crippen LogP) is 4.29. The van der Waals surface area contributed by atoms with E-state index in [4.69, 9.17) is 5.11 Å². The highest BCUT2D eigenvalue weighted by Crippen LogP contribution is 2.37. The van der Waals surface area contributed by atoms with E-state index in [0.29, 0.717) is 49.8 Å². The van der Waals surface area contributed by atoms with Gasteiger partial charge in [0.25, 0.3) is 0 Å². The number of rotatable bonds is 13. The average molecular weight is 442 g/mol. The molecule has 6 nitrogen and oxygen atoms in total. The predicted molar refractivity (Wildman–Crippen MR) is 112 cm³/mol. The van der Waals surface area contributed by atoms with Crippen molar-refractivity contribution in [2.24, 2.45) is 17.0 Å². The Kier molecular flexibility index (Phi) is 10.3. The van der Waals surface area contributed by atoms with Crippen LogP contribution in [0.1, 0.15) is 69.8 Å². The van der Waals surface area contributed by atoms with Crippen molar-refractivity contribution in [2.75, 3.05) is 0 Å². The number of carboxylic acids is 1. The van der Waals surface area contributed by atoms with E-state index in [0.717, 1.165) is 31.7 Å². The molecule has 0 radical (unpaired) electrons. The van der Waals surface area contributed by atoms with Gasteiger partial charge in [0.2, 0.25) is 0 Å². The Bertz CT molecular complexity index is 722. The summed E-state index contributed by atoms with van der Waals surface area (Å²) in [4.78, 5) is 10.6. The molecule has 1 aliphatic carbocycles. The van der Waals surface area contributed by atoms with Crippen LogP contribution in [0.5, 0.6) is 0 Å². The maximum Gasteiger partial charge on any atom is 0.303 e. The molecule has 0 aromatic heterocycles. The molecule has 8 heteroatoms. The van der Waals surface area contributed by atoms with Crippen molar-refractivity contribution in [3.05, 3.63) is 35.4 Å². The summed E-state index contributed by atoms with van der Waals surface area (Å²) in [6, 6.07) is 3.33. The van der Waals surface area contributed by atoms with Crippen molar-refractivity contribution in [3.63, 3.8) is 0 Å². The minimum absolute atomic E-state index is 0.0603. The topological polar surface area (TPSA) is 110 Å². The Morgan fingerprint density at radius 1 is 1.06 bits per heavy atom. The summed E-state index contributed by atoms with van der Waals surface area (Å²) in [6.45, 7) is 0. The Morgan fingerprint density at radius 3 is 2.39 bits per heavy atom. The standard InChI is InChI=1S/C23H33F2NO5/c24-16-11-15(12-17(25)13-16)7-8-18(27)9-10-19-20(22(28)14-21(19)26-31)5-3-1-2-4-6-23(29)30/h11-13,18-20,22,27-28,31H,1-10,14H2,(H,29,30)/b26-21-. The number of nitrogens with zero attached hydrogens (tertiary/aromatic N) is 1. The van der Waals surface area contributed by atoms with Gasteiger partial charge in [-0.25, -0.2) is 8.78 Å². The maximum absolute atomic E-state index is 13.3. The van der Waals surface area contributed by atoms with Gasteiger partial charge in [0.1, 0.15) is 11.6 Å². The van der Waals surface area contributed by atoms with Crippen molar-refractivity contribution in [1.82, 2.24) is 0 Å². The van der Waals surface area contributed by atoms with Crippen LogP contribution in [0.4, 0.5) is 8.78 Å². The van der Waals surface area contributed by atoms with Crippen molar-refractivity contribution >= 4 is 11.7 Å². The molecule has 0 saturated heterocycles. The quantitative estimate of drug-likeness (QED) is 0.207. The monoisotopic (exact) mass is 441 g/mol. The molecule has 1 aromatic carbocycles. The highest BCUT2D eigenvalue weighted by molar-refractivity contribution is 5.89. The van der Waals surface area contributed by atoms with E-state index < -0.39 is 29.8 Å². The lowest BCUT2D eigenvalue weighted by atomic mass is 9.84. The largest absolute Gasteiger partial charge is 0.481 e.